The maximum absolute atomic E-state index is 11.9. The molecular weight excluding hydrogens is 318 g/mol. The topological polar surface area (TPSA) is 69.2 Å². The van der Waals surface area contributed by atoms with Crippen LogP contribution in [0.1, 0.15) is 47.0 Å². The molecule has 1 unspecified atom stereocenters. The van der Waals surface area contributed by atoms with Crippen molar-refractivity contribution in [2.24, 2.45) is 4.99 Å². The highest BCUT2D eigenvalue weighted by Crippen LogP contribution is 2.25. The highest BCUT2D eigenvalue weighted by molar-refractivity contribution is 5.80. The highest BCUT2D eigenvalue weighted by atomic mass is 16.6. The van der Waals surface area contributed by atoms with E-state index in [9.17, 15) is 4.79 Å². The van der Waals surface area contributed by atoms with Gasteiger partial charge in [-0.25, -0.2) is 4.79 Å². The molecule has 1 heterocycles. The number of likely N-dealkylation sites (N-methyl/N-ethyl adjacent to an activating group) is 1. The number of hydrogen-bond donors (Lipinski definition) is 2. The molecule has 7 nitrogen and oxygen atoms in total. The number of alkyl carbamates (subject to hydrolysis) is 1. The molecule has 2 N–H and O–H groups in total. The summed E-state index contributed by atoms with van der Waals surface area (Å²) in [5.74, 6) is 0.917. The van der Waals surface area contributed by atoms with Gasteiger partial charge < -0.3 is 20.3 Å². The largest absolute Gasteiger partial charge is 0.444 e. The van der Waals surface area contributed by atoms with Crippen molar-refractivity contribution in [3.63, 3.8) is 0 Å². The van der Waals surface area contributed by atoms with Crippen molar-refractivity contribution in [3.05, 3.63) is 0 Å². The van der Waals surface area contributed by atoms with Gasteiger partial charge in [0.25, 0.3) is 0 Å². The lowest BCUT2D eigenvalue weighted by molar-refractivity contribution is 0.0507. The van der Waals surface area contributed by atoms with Crippen LogP contribution in [0.3, 0.4) is 0 Å². The first-order chi connectivity index (χ1) is 11.8. The van der Waals surface area contributed by atoms with Crippen LogP contribution in [-0.2, 0) is 4.74 Å². The molecule has 1 saturated heterocycles. The summed E-state index contributed by atoms with van der Waals surface area (Å²) in [6.07, 6.45) is 3.24. The van der Waals surface area contributed by atoms with E-state index < -0.39 is 5.60 Å². The van der Waals surface area contributed by atoms with Gasteiger partial charge in [0.1, 0.15) is 5.60 Å². The molecule has 7 heteroatoms. The molecule has 1 atom stereocenters. The van der Waals surface area contributed by atoms with Crippen LogP contribution in [0.15, 0.2) is 4.99 Å². The average Bonchev–Trinajstić information content (AvgIpc) is 3.26. The Morgan fingerprint density at radius 3 is 2.60 bits per heavy atom. The van der Waals surface area contributed by atoms with E-state index in [4.69, 9.17) is 4.74 Å². The molecule has 0 radical (unpaired) electrons. The van der Waals surface area contributed by atoms with Gasteiger partial charge in [-0.05, 0) is 46.6 Å². The number of aliphatic imine (C=N–C) groups is 1. The normalized spacial score (nSPS) is 21.6. The van der Waals surface area contributed by atoms with Gasteiger partial charge in [-0.3, -0.25) is 9.89 Å². The van der Waals surface area contributed by atoms with Crippen LogP contribution in [0.2, 0.25) is 0 Å². The summed E-state index contributed by atoms with van der Waals surface area (Å²) in [5, 5.41) is 6.42. The van der Waals surface area contributed by atoms with Crippen molar-refractivity contribution >= 4 is 12.1 Å². The number of nitrogens with one attached hydrogen (secondary N) is 2. The molecule has 1 aliphatic heterocycles. The Balaban J connectivity index is 1.72. The summed E-state index contributed by atoms with van der Waals surface area (Å²) in [6.45, 7) is 12.6. The number of ether oxygens (including phenoxy) is 1. The van der Waals surface area contributed by atoms with E-state index in [0.29, 0.717) is 0 Å². The summed E-state index contributed by atoms with van der Waals surface area (Å²) in [7, 11) is 1.81. The lowest BCUT2D eigenvalue weighted by Crippen LogP contribution is -2.46. The first-order valence-corrected chi connectivity index (χ1v) is 9.51. The van der Waals surface area contributed by atoms with Gasteiger partial charge >= 0.3 is 6.09 Å². The highest BCUT2D eigenvalue weighted by Gasteiger charge is 2.29. The second kappa shape index (κ2) is 8.74. The van der Waals surface area contributed by atoms with Crippen LogP contribution in [0.25, 0.3) is 0 Å². The van der Waals surface area contributed by atoms with Crippen molar-refractivity contribution in [3.8, 4) is 0 Å². The fraction of sp³-hybridized carbons (Fsp3) is 0.889. The lowest BCUT2D eigenvalue weighted by atomic mass is 10.2. The predicted octanol–water partition coefficient (Wildman–Crippen LogP) is 1.65. The van der Waals surface area contributed by atoms with E-state index in [1.165, 1.54) is 12.8 Å². The van der Waals surface area contributed by atoms with Crippen molar-refractivity contribution in [1.29, 1.82) is 0 Å². The van der Waals surface area contributed by atoms with Gasteiger partial charge in [-0.1, -0.05) is 6.92 Å². The molecule has 0 spiro atoms. The zero-order valence-corrected chi connectivity index (χ0v) is 16.5. The molecule has 2 aliphatic rings. The lowest BCUT2D eigenvalue weighted by Gasteiger charge is -2.25. The second-order valence-corrected chi connectivity index (χ2v) is 7.91. The van der Waals surface area contributed by atoms with Crippen LogP contribution >= 0.6 is 0 Å². The van der Waals surface area contributed by atoms with Crippen molar-refractivity contribution in [1.82, 2.24) is 20.4 Å². The number of carbonyl (C=O) groups excluding carboxylic acids is 1. The van der Waals surface area contributed by atoms with Crippen molar-refractivity contribution in [2.45, 2.75) is 64.6 Å². The third kappa shape index (κ3) is 6.72. The first kappa shape index (κ1) is 19.8. The van der Waals surface area contributed by atoms with Crippen LogP contribution in [0.5, 0.6) is 0 Å². The summed E-state index contributed by atoms with van der Waals surface area (Å²) >= 11 is 0. The Labute approximate surface area is 152 Å². The van der Waals surface area contributed by atoms with Crippen LogP contribution in [0.4, 0.5) is 4.79 Å². The number of nitrogens with zero attached hydrogens (tertiary/aromatic N) is 3. The molecule has 1 amide bonds. The Morgan fingerprint density at radius 2 is 2.04 bits per heavy atom. The SMILES string of the molecule is CCN(CCNC(=NC)N1CCC(NC(=O)OC(C)(C)C)C1)C1CC1. The molecular formula is C18H35N5O2. The smallest absolute Gasteiger partial charge is 0.407 e. The molecule has 144 valence electrons. The number of likely N-dealkylation sites (tertiary alicyclic amines) is 1. The zero-order valence-electron chi connectivity index (χ0n) is 16.5. The van der Waals surface area contributed by atoms with E-state index in [1.807, 2.05) is 27.8 Å². The number of guanidine groups is 1. The van der Waals surface area contributed by atoms with Gasteiger partial charge in [-0.2, -0.15) is 0 Å². The first-order valence-electron chi connectivity index (χ1n) is 9.51. The summed E-state index contributed by atoms with van der Waals surface area (Å²) < 4.78 is 5.33. The van der Waals surface area contributed by atoms with Crippen LogP contribution in [0, 0.1) is 0 Å². The second-order valence-electron chi connectivity index (χ2n) is 7.91. The fourth-order valence-electron chi connectivity index (χ4n) is 3.23. The number of rotatable bonds is 6. The van der Waals surface area contributed by atoms with Gasteiger partial charge in [-0.15, -0.1) is 0 Å². The average molecular weight is 354 g/mol. The molecule has 2 rings (SSSR count). The van der Waals surface area contributed by atoms with E-state index >= 15 is 0 Å². The van der Waals surface area contributed by atoms with E-state index in [1.54, 1.807) is 0 Å². The van der Waals surface area contributed by atoms with Crippen LogP contribution < -0.4 is 10.6 Å². The Hall–Kier alpha value is -1.50. The molecule has 0 aromatic rings. The van der Waals surface area contributed by atoms with Gasteiger partial charge in [0, 0.05) is 39.3 Å². The molecule has 2 fully saturated rings. The van der Waals surface area contributed by atoms with E-state index in [2.05, 4.69) is 32.3 Å². The number of carbonyl (C=O) groups is 1. The third-order valence-electron chi connectivity index (χ3n) is 4.57. The Bertz CT molecular complexity index is 471. The molecule has 1 saturated carbocycles. The van der Waals surface area contributed by atoms with Crippen LogP contribution in [-0.4, -0.2) is 79.3 Å². The summed E-state index contributed by atoms with van der Waals surface area (Å²) in [5.41, 5.74) is -0.466. The molecule has 1 aliphatic carbocycles. The van der Waals surface area contributed by atoms with Crippen molar-refractivity contribution < 1.29 is 9.53 Å². The fourth-order valence-corrected chi connectivity index (χ4v) is 3.23. The molecule has 0 aromatic carbocycles. The molecule has 0 bridgehead atoms. The molecule has 25 heavy (non-hydrogen) atoms. The Kier molecular flexibility index (Phi) is 6.93. The van der Waals surface area contributed by atoms with E-state index in [0.717, 1.165) is 51.1 Å². The van der Waals surface area contributed by atoms with Gasteiger partial charge in [0.15, 0.2) is 5.96 Å². The maximum Gasteiger partial charge on any atom is 0.407 e. The standard InChI is InChI=1S/C18H35N5O2/c1-6-22(15-7-8-15)12-10-20-16(19-5)23-11-9-14(13-23)21-17(24)25-18(2,3)4/h14-15H,6-13H2,1-5H3,(H,19,20)(H,21,24). The third-order valence-corrected chi connectivity index (χ3v) is 4.57. The zero-order chi connectivity index (χ0) is 18.4. The minimum Gasteiger partial charge on any atom is -0.444 e. The number of amides is 1. The number of hydrogen-bond acceptors (Lipinski definition) is 4. The van der Waals surface area contributed by atoms with Crippen molar-refractivity contribution in [2.75, 3.05) is 39.8 Å². The van der Waals surface area contributed by atoms with Gasteiger partial charge in [0.2, 0.25) is 0 Å². The van der Waals surface area contributed by atoms with E-state index in [-0.39, 0.29) is 12.1 Å². The summed E-state index contributed by atoms with van der Waals surface area (Å²) in [6, 6.07) is 0.898. The van der Waals surface area contributed by atoms with Gasteiger partial charge in [0.05, 0.1) is 6.04 Å². The maximum atomic E-state index is 11.9. The Morgan fingerprint density at radius 1 is 1.32 bits per heavy atom. The monoisotopic (exact) mass is 353 g/mol. The summed E-state index contributed by atoms with van der Waals surface area (Å²) in [4.78, 5) is 21.0. The minimum atomic E-state index is -0.466. The minimum absolute atomic E-state index is 0.104. The predicted molar refractivity (Wildman–Crippen MR) is 101 cm³/mol. The molecule has 0 aromatic heterocycles. The quantitative estimate of drug-likeness (QED) is 0.561.